The summed E-state index contributed by atoms with van der Waals surface area (Å²) in [5, 5.41) is 0.148. The Labute approximate surface area is 127 Å². The largest absolute Gasteiger partial charge is 0.464 e. The molecule has 0 saturated carbocycles. The van der Waals surface area contributed by atoms with E-state index < -0.39 is 5.82 Å². The van der Waals surface area contributed by atoms with Crippen molar-refractivity contribution in [2.75, 3.05) is 7.11 Å². The van der Waals surface area contributed by atoms with E-state index in [0.717, 1.165) is 36.1 Å². The Bertz CT molecular complexity index is 696. The molecule has 0 saturated heterocycles. The van der Waals surface area contributed by atoms with Crippen molar-refractivity contribution in [3.8, 4) is 0 Å². The first-order valence-corrected chi connectivity index (χ1v) is 7.20. The van der Waals surface area contributed by atoms with Gasteiger partial charge in [0.05, 0.1) is 12.1 Å². The number of esters is 1. The fraction of sp³-hybridized carbons (Fsp3) is 0.312. The zero-order chi connectivity index (χ0) is 15.0. The van der Waals surface area contributed by atoms with E-state index in [2.05, 4.69) is 4.98 Å². The van der Waals surface area contributed by atoms with E-state index in [9.17, 15) is 9.18 Å². The minimum Gasteiger partial charge on any atom is -0.464 e. The molecule has 1 aromatic carbocycles. The first-order valence-electron chi connectivity index (χ1n) is 6.82. The molecule has 1 atom stereocenters. The molecule has 0 spiro atoms. The molecule has 0 aliphatic heterocycles. The Kier molecular flexibility index (Phi) is 3.72. The maximum Gasteiger partial charge on any atom is 0.354 e. The summed E-state index contributed by atoms with van der Waals surface area (Å²) in [6.07, 6.45) is 2.70. The van der Waals surface area contributed by atoms with Crippen LogP contribution in [0.4, 0.5) is 4.39 Å². The van der Waals surface area contributed by atoms with Crippen molar-refractivity contribution in [2.24, 2.45) is 0 Å². The number of nitrogens with one attached hydrogen (secondary N) is 1. The van der Waals surface area contributed by atoms with Crippen LogP contribution < -0.4 is 0 Å². The first-order chi connectivity index (χ1) is 10.1. The van der Waals surface area contributed by atoms with Gasteiger partial charge >= 0.3 is 5.97 Å². The smallest absolute Gasteiger partial charge is 0.354 e. The molecule has 0 fully saturated rings. The second kappa shape index (κ2) is 5.53. The van der Waals surface area contributed by atoms with Gasteiger partial charge in [-0.1, -0.05) is 17.7 Å². The third kappa shape index (κ3) is 2.68. The Balaban J connectivity index is 1.82. The van der Waals surface area contributed by atoms with Gasteiger partial charge in [-0.05, 0) is 54.5 Å². The molecule has 1 aliphatic carbocycles. The van der Waals surface area contributed by atoms with Gasteiger partial charge < -0.3 is 9.72 Å². The number of aryl methyl sites for hydroxylation is 1. The summed E-state index contributed by atoms with van der Waals surface area (Å²) in [6, 6.07) is 6.68. The molecule has 3 rings (SSSR count). The van der Waals surface area contributed by atoms with Crippen molar-refractivity contribution < 1.29 is 13.9 Å². The number of methoxy groups -OCH3 is 1. The molecule has 1 aliphatic rings. The molecule has 21 heavy (non-hydrogen) atoms. The highest BCUT2D eigenvalue weighted by molar-refractivity contribution is 6.30. The number of H-pyrrole nitrogens is 1. The summed E-state index contributed by atoms with van der Waals surface area (Å²) < 4.78 is 17.9. The first kappa shape index (κ1) is 14.1. The number of benzene rings is 1. The Morgan fingerprint density at radius 3 is 3.00 bits per heavy atom. The van der Waals surface area contributed by atoms with Gasteiger partial charge in [0.15, 0.2) is 0 Å². The van der Waals surface area contributed by atoms with Crippen LogP contribution in [-0.4, -0.2) is 18.1 Å². The molecule has 0 amide bonds. The molecule has 0 radical (unpaired) electrons. The van der Waals surface area contributed by atoms with Gasteiger partial charge in [-0.2, -0.15) is 0 Å². The lowest BCUT2D eigenvalue weighted by molar-refractivity contribution is 0.0594. The summed E-state index contributed by atoms with van der Waals surface area (Å²) in [7, 11) is 1.37. The SMILES string of the molecule is COC(=O)c1cc2c([nH]1)CCC2Cc1ccc(F)c(Cl)c1. The van der Waals surface area contributed by atoms with E-state index in [1.807, 2.05) is 6.07 Å². The number of ether oxygens (including phenoxy) is 1. The van der Waals surface area contributed by atoms with Gasteiger partial charge in [0.1, 0.15) is 11.5 Å². The molecule has 5 heteroatoms. The van der Waals surface area contributed by atoms with Crippen LogP contribution in [0.15, 0.2) is 24.3 Å². The number of rotatable bonds is 3. The van der Waals surface area contributed by atoms with Crippen molar-refractivity contribution in [3.05, 3.63) is 57.6 Å². The predicted octanol–water partition coefficient (Wildman–Crippen LogP) is 3.87. The molecule has 1 N–H and O–H groups in total. The highest BCUT2D eigenvalue weighted by Gasteiger charge is 2.27. The van der Waals surface area contributed by atoms with Gasteiger partial charge in [-0.3, -0.25) is 0 Å². The van der Waals surface area contributed by atoms with Crippen molar-refractivity contribution in [3.63, 3.8) is 0 Å². The summed E-state index contributed by atoms with van der Waals surface area (Å²) in [6.45, 7) is 0. The van der Waals surface area contributed by atoms with Crippen LogP contribution in [0, 0.1) is 5.82 Å². The molecule has 0 bridgehead atoms. The number of halogens is 2. The maximum atomic E-state index is 13.2. The van der Waals surface area contributed by atoms with Crippen LogP contribution in [0.25, 0.3) is 0 Å². The highest BCUT2D eigenvalue weighted by atomic mass is 35.5. The number of aromatic amines is 1. The second-order valence-corrected chi connectivity index (χ2v) is 5.70. The third-order valence-electron chi connectivity index (χ3n) is 3.99. The minimum absolute atomic E-state index is 0.148. The van der Waals surface area contributed by atoms with E-state index in [1.54, 1.807) is 12.1 Å². The maximum absolute atomic E-state index is 13.2. The van der Waals surface area contributed by atoms with Gasteiger partial charge in [0, 0.05) is 5.69 Å². The number of fused-ring (bicyclic) bond motifs is 1. The average Bonchev–Trinajstić information content (AvgIpc) is 3.04. The molecule has 2 aromatic rings. The van der Waals surface area contributed by atoms with Crippen LogP contribution in [0.3, 0.4) is 0 Å². The fourth-order valence-corrected chi connectivity index (χ4v) is 3.14. The van der Waals surface area contributed by atoms with Crippen LogP contribution in [-0.2, 0) is 17.6 Å². The lowest BCUT2D eigenvalue weighted by Crippen LogP contribution is -2.02. The van der Waals surface area contributed by atoms with Gasteiger partial charge in [-0.25, -0.2) is 9.18 Å². The molecular formula is C16H15ClFNO2. The number of carbonyl (C=O) groups excluding carboxylic acids is 1. The molecule has 1 aromatic heterocycles. The van der Waals surface area contributed by atoms with Crippen molar-refractivity contribution in [2.45, 2.75) is 25.2 Å². The predicted molar refractivity (Wildman–Crippen MR) is 78.3 cm³/mol. The lowest BCUT2D eigenvalue weighted by Gasteiger charge is -2.10. The summed E-state index contributed by atoms with van der Waals surface area (Å²) in [5.41, 5.74) is 3.73. The van der Waals surface area contributed by atoms with Crippen molar-refractivity contribution in [1.82, 2.24) is 4.98 Å². The Hall–Kier alpha value is -1.81. The molecule has 3 nitrogen and oxygen atoms in total. The van der Waals surface area contributed by atoms with Crippen molar-refractivity contribution in [1.29, 1.82) is 0 Å². The van der Waals surface area contributed by atoms with Gasteiger partial charge in [0.25, 0.3) is 0 Å². The zero-order valence-electron chi connectivity index (χ0n) is 11.6. The fourth-order valence-electron chi connectivity index (χ4n) is 2.94. The topological polar surface area (TPSA) is 42.1 Å². The van der Waals surface area contributed by atoms with E-state index >= 15 is 0 Å². The van der Waals surface area contributed by atoms with Gasteiger partial charge in [0.2, 0.25) is 0 Å². The third-order valence-corrected chi connectivity index (χ3v) is 4.28. The van der Waals surface area contributed by atoms with Crippen LogP contribution in [0.1, 0.15) is 39.6 Å². The van der Waals surface area contributed by atoms with Crippen LogP contribution in [0.5, 0.6) is 0 Å². The van der Waals surface area contributed by atoms with E-state index in [-0.39, 0.29) is 11.0 Å². The quantitative estimate of drug-likeness (QED) is 0.875. The number of hydrogen-bond acceptors (Lipinski definition) is 2. The summed E-state index contributed by atoms with van der Waals surface area (Å²) in [4.78, 5) is 14.7. The number of carbonyl (C=O) groups is 1. The lowest BCUT2D eigenvalue weighted by atomic mass is 9.94. The van der Waals surface area contributed by atoms with E-state index in [1.165, 1.54) is 13.2 Å². The van der Waals surface area contributed by atoms with Crippen molar-refractivity contribution >= 4 is 17.6 Å². The summed E-state index contributed by atoms with van der Waals surface area (Å²) >= 11 is 5.82. The monoisotopic (exact) mass is 307 g/mol. The zero-order valence-corrected chi connectivity index (χ0v) is 12.3. The average molecular weight is 308 g/mol. The van der Waals surface area contributed by atoms with E-state index in [0.29, 0.717) is 11.6 Å². The molecule has 1 heterocycles. The highest BCUT2D eigenvalue weighted by Crippen LogP contribution is 2.36. The standard InChI is InChI=1S/C16H15ClFNO2/c1-21-16(20)15-8-11-10(3-5-14(11)19-15)6-9-2-4-13(18)12(17)7-9/h2,4,7-8,10,19H,3,5-6H2,1H3. The van der Waals surface area contributed by atoms with Crippen LogP contribution in [0.2, 0.25) is 5.02 Å². The molecular weight excluding hydrogens is 293 g/mol. The van der Waals surface area contributed by atoms with Crippen LogP contribution >= 0.6 is 11.6 Å². The van der Waals surface area contributed by atoms with Gasteiger partial charge in [-0.15, -0.1) is 0 Å². The Morgan fingerprint density at radius 1 is 1.48 bits per heavy atom. The Morgan fingerprint density at radius 2 is 2.29 bits per heavy atom. The number of hydrogen-bond donors (Lipinski definition) is 1. The minimum atomic E-state index is -0.401. The molecule has 110 valence electrons. The summed E-state index contributed by atoms with van der Waals surface area (Å²) in [5.74, 6) is -0.439. The molecule has 1 unspecified atom stereocenters. The van der Waals surface area contributed by atoms with E-state index in [4.69, 9.17) is 16.3 Å². The second-order valence-electron chi connectivity index (χ2n) is 5.30. The normalized spacial score (nSPS) is 16.8. The number of aromatic nitrogens is 1.